The molecule has 0 aliphatic rings. The van der Waals surface area contributed by atoms with Gasteiger partial charge in [0.2, 0.25) is 0 Å². The van der Waals surface area contributed by atoms with Crippen molar-refractivity contribution < 1.29 is 21.8 Å². The maximum atomic E-state index is 10.7. The minimum absolute atomic E-state index is 0.282. The van der Waals surface area contributed by atoms with Crippen LogP contribution in [0.2, 0.25) is 0 Å². The van der Waals surface area contributed by atoms with Gasteiger partial charge in [0.25, 0.3) is 0 Å². The Kier molecular flexibility index (Phi) is 3.71. The number of hydrogen-bond acceptors (Lipinski definition) is 5. The van der Waals surface area contributed by atoms with Crippen molar-refractivity contribution in [1.29, 1.82) is 0 Å². The topological polar surface area (TPSA) is 113 Å². The zero-order valence-electron chi connectivity index (χ0n) is 7.54. The molecule has 1 amide bonds. The summed E-state index contributed by atoms with van der Waals surface area (Å²) in [5.74, 6) is -0.611. The summed E-state index contributed by atoms with van der Waals surface area (Å²) in [5, 5.41) is 10.7. The summed E-state index contributed by atoms with van der Waals surface area (Å²) < 4.78 is 31.6. The van der Waals surface area contributed by atoms with Crippen molar-refractivity contribution in [3.05, 3.63) is 24.3 Å². The Morgan fingerprint density at radius 1 is 1.33 bits per heavy atom. The summed E-state index contributed by atoms with van der Waals surface area (Å²) in [7, 11) is 0. The molecule has 0 aromatic heterocycles. The molecule has 0 aliphatic heterocycles. The summed E-state index contributed by atoms with van der Waals surface area (Å²) >= 11 is -5.34. The van der Waals surface area contributed by atoms with Crippen LogP contribution >= 0.6 is 0 Å². The number of aliphatic hydroxyl groups excluding tert-OH is 1. The molecule has 1 aromatic carbocycles. The Morgan fingerprint density at radius 3 is 2.27 bits per heavy atom. The van der Waals surface area contributed by atoms with Gasteiger partial charge in [0, 0.05) is 0 Å². The normalized spacial score (nSPS) is 11.1. The van der Waals surface area contributed by atoms with Crippen molar-refractivity contribution in [2.75, 3.05) is 11.9 Å². The molecule has 15 heavy (non-hydrogen) atoms. The second-order valence-electron chi connectivity index (χ2n) is 2.75. The van der Waals surface area contributed by atoms with Gasteiger partial charge >= 0.3 is 88.1 Å². The van der Waals surface area contributed by atoms with E-state index < -0.39 is 26.7 Å². The van der Waals surface area contributed by atoms with E-state index in [-0.39, 0.29) is 4.35 Å². The van der Waals surface area contributed by atoms with Crippen LogP contribution in [0, 0.1) is 0 Å². The first kappa shape index (κ1) is 12.0. The van der Waals surface area contributed by atoms with Gasteiger partial charge in [-0.25, -0.2) is 0 Å². The molecular formula is C8H8AsNO5-2. The molecule has 0 unspecified atom stereocenters. The molecule has 1 aromatic rings. The maximum absolute atomic E-state index is 10.7. The van der Waals surface area contributed by atoms with Crippen LogP contribution in [0.1, 0.15) is 0 Å². The van der Waals surface area contributed by atoms with E-state index in [9.17, 15) is 16.7 Å². The van der Waals surface area contributed by atoms with Crippen molar-refractivity contribution in [1.82, 2.24) is 0 Å². The molecule has 82 valence electrons. The Hall–Kier alpha value is -1.07. The van der Waals surface area contributed by atoms with Crippen LogP contribution in [0.15, 0.2) is 24.3 Å². The molecular weight excluding hydrogens is 265 g/mol. The Morgan fingerprint density at radius 2 is 1.87 bits per heavy atom. The fourth-order valence-corrected chi connectivity index (χ4v) is 2.01. The fraction of sp³-hybridized carbons (Fsp3) is 0.125. The molecule has 0 saturated heterocycles. The number of benzene rings is 1. The van der Waals surface area contributed by atoms with E-state index >= 15 is 0 Å². The second-order valence-corrected chi connectivity index (χ2v) is 5.92. The van der Waals surface area contributed by atoms with Gasteiger partial charge < -0.3 is 0 Å². The van der Waals surface area contributed by atoms with Crippen molar-refractivity contribution in [2.24, 2.45) is 0 Å². The average Bonchev–Trinajstić information content (AvgIpc) is 2.17. The van der Waals surface area contributed by atoms with Gasteiger partial charge in [-0.3, -0.25) is 0 Å². The van der Waals surface area contributed by atoms with Crippen LogP contribution < -0.4 is 17.9 Å². The number of carbonyl (C=O) groups excluding carboxylic acids is 1. The van der Waals surface area contributed by atoms with Gasteiger partial charge in [0.05, 0.1) is 0 Å². The van der Waals surface area contributed by atoms with Crippen LogP contribution in [0.5, 0.6) is 0 Å². The van der Waals surface area contributed by atoms with Gasteiger partial charge in [0.15, 0.2) is 0 Å². The molecule has 0 heterocycles. The molecule has 0 aliphatic carbocycles. The number of rotatable bonds is 3. The molecule has 2 N–H and O–H groups in total. The van der Waals surface area contributed by atoms with Gasteiger partial charge in [0.1, 0.15) is 0 Å². The predicted molar refractivity (Wildman–Crippen MR) is 48.2 cm³/mol. The third-order valence-electron chi connectivity index (χ3n) is 1.61. The van der Waals surface area contributed by atoms with Crippen molar-refractivity contribution in [3.63, 3.8) is 0 Å². The number of aliphatic hydroxyl groups is 1. The average molecular weight is 273 g/mol. The van der Waals surface area contributed by atoms with E-state index in [0.717, 1.165) is 12.1 Å². The van der Waals surface area contributed by atoms with E-state index in [1.807, 2.05) is 0 Å². The number of nitrogens with one attached hydrogen (secondary N) is 1. The predicted octanol–water partition coefficient (Wildman–Crippen LogP) is -3.09. The standard InChI is InChI=1S/C8H10AsNO5/c11-5-8(12)10-7-3-1-6(2-4-7)9(13,14)15/h1-4,11H,5H2,(H,10,12)(H2,13,14,15)/p-2. The molecule has 0 radical (unpaired) electrons. The van der Waals surface area contributed by atoms with Crippen molar-refractivity contribution in [3.8, 4) is 0 Å². The van der Waals surface area contributed by atoms with E-state index in [1.165, 1.54) is 12.1 Å². The molecule has 0 fully saturated rings. The van der Waals surface area contributed by atoms with E-state index in [4.69, 9.17) is 5.11 Å². The van der Waals surface area contributed by atoms with E-state index in [2.05, 4.69) is 5.32 Å². The fourth-order valence-electron chi connectivity index (χ4n) is 0.928. The van der Waals surface area contributed by atoms with Crippen LogP contribution in [0.3, 0.4) is 0 Å². The second kappa shape index (κ2) is 4.63. The summed E-state index contributed by atoms with van der Waals surface area (Å²) in [6, 6.07) is 4.80. The minimum atomic E-state index is -5.34. The summed E-state index contributed by atoms with van der Waals surface area (Å²) in [6.07, 6.45) is 0. The SMILES string of the molecule is O=C(CO)Nc1ccc([As](=O)([O-])[O-])cc1. The molecule has 0 saturated carbocycles. The van der Waals surface area contributed by atoms with Crippen LogP contribution in [0.4, 0.5) is 5.69 Å². The quantitative estimate of drug-likeness (QED) is 0.567. The molecule has 0 atom stereocenters. The summed E-state index contributed by atoms with van der Waals surface area (Å²) in [6.45, 7) is -0.660. The number of anilines is 1. The molecule has 7 heteroatoms. The Bertz CT molecular complexity index is 396. The van der Waals surface area contributed by atoms with Crippen molar-refractivity contribution >= 4 is 30.1 Å². The number of hydrogen-bond donors (Lipinski definition) is 2. The molecule has 0 bridgehead atoms. The Balaban J connectivity index is 2.82. The van der Waals surface area contributed by atoms with Crippen LogP contribution in [0.25, 0.3) is 0 Å². The van der Waals surface area contributed by atoms with Crippen LogP contribution in [-0.2, 0) is 8.53 Å². The van der Waals surface area contributed by atoms with Gasteiger partial charge in [-0.15, -0.1) is 0 Å². The first-order chi connectivity index (χ1) is 6.93. The van der Waals surface area contributed by atoms with Gasteiger partial charge in [-0.1, -0.05) is 0 Å². The zero-order valence-corrected chi connectivity index (χ0v) is 9.42. The zero-order chi connectivity index (χ0) is 11.5. The summed E-state index contributed by atoms with van der Waals surface area (Å²) in [5.41, 5.74) is 0.321. The van der Waals surface area contributed by atoms with Crippen molar-refractivity contribution in [2.45, 2.75) is 0 Å². The molecule has 1 rings (SSSR count). The number of amides is 1. The molecule has 0 spiro atoms. The third kappa shape index (κ3) is 3.53. The monoisotopic (exact) mass is 273 g/mol. The number of carbonyl (C=O) groups is 1. The van der Waals surface area contributed by atoms with Crippen LogP contribution in [-0.4, -0.2) is 31.8 Å². The van der Waals surface area contributed by atoms with Gasteiger partial charge in [-0.05, 0) is 0 Å². The first-order valence-corrected chi connectivity index (χ1v) is 7.20. The molecule has 6 nitrogen and oxygen atoms in total. The third-order valence-corrected chi connectivity index (χ3v) is 3.56. The van der Waals surface area contributed by atoms with E-state index in [0.29, 0.717) is 5.69 Å². The van der Waals surface area contributed by atoms with E-state index in [1.54, 1.807) is 0 Å². The first-order valence-electron chi connectivity index (χ1n) is 3.97. The van der Waals surface area contributed by atoms with Gasteiger partial charge in [-0.2, -0.15) is 0 Å². The summed E-state index contributed by atoms with van der Waals surface area (Å²) in [4.78, 5) is 10.7. The Labute approximate surface area is 88.6 Å².